The van der Waals surface area contributed by atoms with Crippen molar-refractivity contribution < 1.29 is 24.5 Å². The van der Waals surface area contributed by atoms with Crippen molar-refractivity contribution in [2.24, 2.45) is 15.9 Å². The maximum Gasteiger partial charge on any atom is 0.338 e. The van der Waals surface area contributed by atoms with Crippen LogP contribution in [0.2, 0.25) is 0 Å². The zero-order valence-corrected chi connectivity index (χ0v) is 24.3. The van der Waals surface area contributed by atoms with Gasteiger partial charge in [0.15, 0.2) is 0 Å². The van der Waals surface area contributed by atoms with Crippen molar-refractivity contribution in [3.05, 3.63) is 52.4 Å². The van der Waals surface area contributed by atoms with Gasteiger partial charge in [-0.05, 0) is 75.1 Å². The van der Waals surface area contributed by atoms with Gasteiger partial charge in [0, 0.05) is 31.3 Å². The number of esters is 1. The minimum absolute atomic E-state index is 0.0238. The zero-order valence-electron chi connectivity index (χ0n) is 24.3. The van der Waals surface area contributed by atoms with Gasteiger partial charge in [-0.3, -0.25) is 20.4 Å². The molecule has 4 rings (SSSR count). The SMILES string of the molecule is CCc1cc(CCC2(C3CCCC3)CC(O)=C(CC(=NC)NN3CN=C(C)C=C3C)C(=O)O2)ccc1OCCO. The number of cyclic esters (lactones) is 1. The highest BCUT2D eigenvalue weighted by Gasteiger charge is 2.48. The Hall–Kier alpha value is -3.33. The number of rotatable bonds is 11. The number of carbonyl (C=O) groups excluding carboxylic acids is 1. The Kier molecular flexibility index (Phi) is 9.90. The summed E-state index contributed by atoms with van der Waals surface area (Å²) in [6.45, 7) is 6.71. The van der Waals surface area contributed by atoms with Crippen LogP contribution in [0.4, 0.5) is 0 Å². The smallest absolute Gasteiger partial charge is 0.338 e. The monoisotopic (exact) mass is 552 g/mol. The van der Waals surface area contributed by atoms with E-state index in [0.29, 0.717) is 25.3 Å². The summed E-state index contributed by atoms with van der Waals surface area (Å²) in [7, 11) is 1.67. The van der Waals surface area contributed by atoms with Crippen LogP contribution in [-0.2, 0) is 22.4 Å². The molecule has 218 valence electrons. The number of aliphatic hydroxyl groups excluding tert-OH is 2. The molecule has 40 heavy (non-hydrogen) atoms. The maximum absolute atomic E-state index is 13.5. The third-order valence-electron chi connectivity index (χ3n) is 8.33. The molecule has 1 aliphatic carbocycles. The number of aryl methyl sites for hydroxylation is 2. The second kappa shape index (κ2) is 13.4. The Morgan fingerprint density at radius 1 is 1.30 bits per heavy atom. The molecule has 2 aliphatic heterocycles. The molecule has 2 heterocycles. The number of hydrogen-bond acceptors (Lipinski definition) is 8. The Balaban J connectivity index is 1.50. The third kappa shape index (κ3) is 6.86. The highest BCUT2D eigenvalue weighted by molar-refractivity contribution is 5.98. The predicted octanol–water partition coefficient (Wildman–Crippen LogP) is 4.80. The van der Waals surface area contributed by atoms with Gasteiger partial charge < -0.3 is 19.7 Å². The van der Waals surface area contributed by atoms with Gasteiger partial charge in [-0.15, -0.1) is 0 Å². The van der Waals surface area contributed by atoms with Gasteiger partial charge in [-0.25, -0.2) is 4.79 Å². The van der Waals surface area contributed by atoms with Crippen LogP contribution in [0.5, 0.6) is 5.75 Å². The van der Waals surface area contributed by atoms with E-state index in [1.165, 1.54) is 0 Å². The van der Waals surface area contributed by atoms with Crippen LogP contribution in [0.3, 0.4) is 0 Å². The van der Waals surface area contributed by atoms with E-state index >= 15 is 0 Å². The number of hydrogen-bond donors (Lipinski definition) is 3. The van der Waals surface area contributed by atoms with E-state index in [1.807, 2.05) is 37.1 Å². The van der Waals surface area contributed by atoms with E-state index in [2.05, 4.69) is 28.4 Å². The number of benzene rings is 1. The van der Waals surface area contributed by atoms with Gasteiger partial charge in [-0.2, -0.15) is 0 Å². The fourth-order valence-electron chi connectivity index (χ4n) is 6.04. The number of amidine groups is 1. The van der Waals surface area contributed by atoms with E-state index in [-0.39, 0.29) is 36.9 Å². The van der Waals surface area contributed by atoms with Crippen LogP contribution in [0.1, 0.15) is 76.8 Å². The molecular formula is C31H44N4O5. The molecule has 3 aliphatic rings. The lowest BCUT2D eigenvalue weighted by Gasteiger charge is -2.42. The number of nitrogens with one attached hydrogen (secondary N) is 1. The number of nitrogens with zero attached hydrogens (tertiary/aromatic N) is 3. The summed E-state index contributed by atoms with van der Waals surface area (Å²) in [6.07, 6.45) is 8.85. The first-order valence-corrected chi connectivity index (χ1v) is 14.5. The van der Waals surface area contributed by atoms with Crippen molar-refractivity contribution in [1.29, 1.82) is 0 Å². The Morgan fingerprint density at radius 3 is 2.73 bits per heavy atom. The fourth-order valence-corrected chi connectivity index (χ4v) is 6.04. The maximum atomic E-state index is 13.5. The van der Waals surface area contributed by atoms with Gasteiger partial charge in [0.05, 0.1) is 12.2 Å². The van der Waals surface area contributed by atoms with Crippen LogP contribution < -0.4 is 10.2 Å². The Labute approximate surface area is 237 Å². The van der Waals surface area contributed by atoms with E-state index in [4.69, 9.17) is 14.6 Å². The van der Waals surface area contributed by atoms with E-state index in [1.54, 1.807) is 7.05 Å². The minimum atomic E-state index is -0.727. The molecule has 0 radical (unpaired) electrons. The van der Waals surface area contributed by atoms with Gasteiger partial charge in [-0.1, -0.05) is 31.9 Å². The van der Waals surface area contributed by atoms with Crippen LogP contribution in [0.25, 0.3) is 0 Å². The van der Waals surface area contributed by atoms with Gasteiger partial charge in [0.2, 0.25) is 0 Å². The molecule has 1 atom stereocenters. The highest BCUT2D eigenvalue weighted by Crippen LogP contribution is 2.46. The molecule has 0 bridgehead atoms. The molecule has 9 nitrogen and oxygen atoms in total. The van der Waals surface area contributed by atoms with Crippen LogP contribution in [-0.4, -0.2) is 65.3 Å². The lowest BCUT2D eigenvalue weighted by molar-refractivity contribution is -0.167. The van der Waals surface area contributed by atoms with Crippen LogP contribution in [0.15, 0.2) is 51.3 Å². The number of aliphatic imine (C=N–C) groups is 2. The molecule has 0 spiro atoms. The Bertz CT molecular complexity index is 1200. The quantitative estimate of drug-likeness (QED) is 0.205. The summed E-state index contributed by atoms with van der Waals surface area (Å²) in [4.78, 5) is 22.3. The van der Waals surface area contributed by atoms with Crippen molar-refractivity contribution >= 4 is 17.5 Å². The van der Waals surface area contributed by atoms with E-state index < -0.39 is 11.6 Å². The summed E-state index contributed by atoms with van der Waals surface area (Å²) < 4.78 is 12.0. The van der Waals surface area contributed by atoms with Gasteiger partial charge >= 0.3 is 5.97 Å². The molecule has 1 aromatic rings. The first-order chi connectivity index (χ1) is 19.3. The van der Waals surface area contributed by atoms with Crippen molar-refractivity contribution in [3.63, 3.8) is 0 Å². The first kappa shape index (κ1) is 29.6. The standard InChI is InChI=1S/C31H44N4O5/c1-5-24-17-23(10-11-28(24)39-15-14-36)12-13-31(25-8-6-7-9-25)19-27(37)26(30(38)40-31)18-29(32-4)34-35-20-33-21(2)16-22(35)3/h10-11,16-17,25,36-37H,5-9,12-15,18-20H2,1-4H3,(H,32,34). The molecule has 0 amide bonds. The van der Waals surface area contributed by atoms with Crippen molar-refractivity contribution in [1.82, 2.24) is 10.4 Å². The summed E-state index contributed by atoms with van der Waals surface area (Å²) in [5.41, 5.74) is 6.97. The average Bonchev–Trinajstić information content (AvgIpc) is 3.49. The minimum Gasteiger partial charge on any atom is -0.512 e. The number of ether oxygens (including phenoxy) is 2. The average molecular weight is 553 g/mol. The Morgan fingerprint density at radius 2 is 2.08 bits per heavy atom. The topological polar surface area (TPSA) is 116 Å². The normalized spacial score (nSPS) is 22.3. The molecule has 1 unspecified atom stereocenters. The molecule has 3 N–H and O–H groups in total. The number of hydrazine groups is 1. The molecule has 9 heteroatoms. The van der Waals surface area contributed by atoms with Crippen LogP contribution in [0, 0.1) is 5.92 Å². The second-order valence-corrected chi connectivity index (χ2v) is 11.0. The molecule has 0 aromatic heterocycles. The summed E-state index contributed by atoms with van der Waals surface area (Å²) in [6, 6.07) is 6.14. The highest BCUT2D eigenvalue weighted by atomic mass is 16.6. The fraction of sp³-hybridized carbons (Fsp3) is 0.581. The molecule has 0 saturated heterocycles. The predicted molar refractivity (Wildman–Crippen MR) is 156 cm³/mol. The largest absolute Gasteiger partial charge is 0.512 e. The second-order valence-electron chi connectivity index (χ2n) is 11.0. The summed E-state index contributed by atoms with van der Waals surface area (Å²) >= 11 is 0. The number of carbonyl (C=O) groups is 1. The molecule has 1 fully saturated rings. The number of allylic oxidation sites excluding steroid dienone is 2. The van der Waals surface area contributed by atoms with Crippen molar-refractivity contribution in [3.8, 4) is 5.75 Å². The lowest BCUT2D eigenvalue weighted by atomic mass is 9.76. The van der Waals surface area contributed by atoms with Crippen molar-refractivity contribution in [2.45, 2.75) is 84.2 Å². The van der Waals surface area contributed by atoms with Gasteiger partial charge in [0.1, 0.15) is 36.2 Å². The molecule has 1 aromatic carbocycles. The number of aliphatic hydroxyl groups is 2. The first-order valence-electron chi connectivity index (χ1n) is 14.5. The molecule has 1 saturated carbocycles. The van der Waals surface area contributed by atoms with Gasteiger partial charge in [0.25, 0.3) is 0 Å². The van der Waals surface area contributed by atoms with Crippen molar-refractivity contribution in [2.75, 3.05) is 26.9 Å². The van der Waals surface area contributed by atoms with E-state index in [9.17, 15) is 9.90 Å². The summed E-state index contributed by atoms with van der Waals surface area (Å²) in [5, 5.41) is 22.3. The van der Waals surface area contributed by atoms with Crippen LogP contribution >= 0.6 is 0 Å². The molecular weight excluding hydrogens is 508 g/mol. The third-order valence-corrected chi connectivity index (χ3v) is 8.33. The zero-order chi connectivity index (χ0) is 28.7. The lowest BCUT2D eigenvalue weighted by Crippen LogP contribution is -2.47. The van der Waals surface area contributed by atoms with E-state index in [0.717, 1.165) is 66.8 Å². The summed E-state index contributed by atoms with van der Waals surface area (Å²) in [5.74, 6) is 1.22.